The molecule has 13 heteroatoms. The number of aromatic nitrogens is 1. The number of halogens is 2. The van der Waals surface area contributed by atoms with E-state index in [4.69, 9.17) is 23.2 Å². The Morgan fingerprint density at radius 1 is 1.06 bits per heavy atom. The van der Waals surface area contributed by atoms with Gasteiger partial charge in [-0.25, -0.2) is 17.9 Å². The van der Waals surface area contributed by atoms with E-state index in [9.17, 15) is 23.3 Å². The fourth-order valence-electron chi connectivity index (χ4n) is 3.32. The van der Waals surface area contributed by atoms with Gasteiger partial charge in [0.2, 0.25) is 0 Å². The molecule has 2 aromatic carbocycles. The van der Waals surface area contributed by atoms with Crippen molar-refractivity contribution in [2.45, 2.75) is 4.21 Å². The highest BCUT2D eigenvalue weighted by atomic mass is 35.5. The van der Waals surface area contributed by atoms with Crippen LogP contribution in [0.1, 0.15) is 5.56 Å². The second kappa shape index (κ2) is 9.59. The first-order valence-electron chi connectivity index (χ1n) is 9.79. The minimum absolute atomic E-state index is 0.0906. The van der Waals surface area contributed by atoms with Crippen molar-refractivity contribution in [1.82, 2.24) is 9.29 Å². The predicted molar refractivity (Wildman–Crippen MR) is 137 cm³/mol. The van der Waals surface area contributed by atoms with E-state index in [1.165, 1.54) is 41.1 Å². The number of rotatable bonds is 5. The molecule has 0 radical (unpaired) electrons. The molecule has 2 amide bonds. The van der Waals surface area contributed by atoms with Crippen LogP contribution in [0.15, 0.2) is 63.7 Å². The Hall–Kier alpha value is -3.56. The summed E-state index contributed by atoms with van der Waals surface area (Å²) in [4.78, 5) is 25.4. The molecule has 0 aliphatic carbocycles. The van der Waals surface area contributed by atoms with Crippen LogP contribution in [0.4, 0.5) is 16.2 Å². The Balaban J connectivity index is 1.63. The third kappa shape index (κ3) is 4.96. The maximum atomic E-state index is 13.1. The van der Waals surface area contributed by atoms with Gasteiger partial charge in [0.1, 0.15) is 10.3 Å². The fraction of sp³-hybridized carbons (Fsp3) is 0.0455. The molecule has 3 N–H and O–H groups in total. The molecule has 35 heavy (non-hydrogen) atoms. The lowest BCUT2D eigenvalue weighted by Gasteiger charge is -2.13. The molecular weight excluding hydrogens is 533 g/mol. The van der Waals surface area contributed by atoms with Gasteiger partial charge in [0.05, 0.1) is 20.6 Å². The first-order valence-corrected chi connectivity index (χ1v) is 12.8. The third-order valence-electron chi connectivity index (χ3n) is 4.93. The molecule has 0 unspecified atom stereocenters. The number of nitrogens with one attached hydrogen (secondary N) is 3. The summed E-state index contributed by atoms with van der Waals surface area (Å²) in [5.74, 6) is 0. The van der Waals surface area contributed by atoms with Gasteiger partial charge in [-0.3, -0.25) is 9.36 Å². The molecule has 0 saturated carbocycles. The van der Waals surface area contributed by atoms with Gasteiger partial charge in [-0.05, 0) is 48.5 Å². The Morgan fingerprint density at radius 3 is 2.43 bits per heavy atom. The highest BCUT2D eigenvalue weighted by Gasteiger charge is 2.20. The van der Waals surface area contributed by atoms with Crippen LogP contribution in [0.3, 0.4) is 0 Å². The van der Waals surface area contributed by atoms with E-state index in [1.54, 1.807) is 25.2 Å². The number of pyridine rings is 1. The van der Waals surface area contributed by atoms with E-state index < -0.39 is 16.1 Å². The van der Waals surface area contributed by atoms with Gasteiger partial charge >= 0.3 is 6.03 Å². The summed E-state index contributed by atoms with van der Waals surface area (Å²) in [6.45, 7) is 0. The zero-order valence-electron chi connectivity index (χ0n) is 17.8. The van der Waals surface area contributed by atoms with Crippen LogP contribution < -0.4 is 20.9 Å². The SMILES string of the molecule is CNc1ccc2c(=O)n(-c3ccc(NC(=O)NS(=O)(=O)c4ccc(Cl)s4)cc3Cl)cc(C#N)c2c1. The highest BCUT2D eigenvalue weighted by Crippen LogP contribution is 2.27. The molecule has 0 aliphatic rings. The van der Waals surface area contributed by atoms with Crippen molar-refractivity contribution in [2.24, 2.45) is 0 Å². The summed E-state index contributed by atoms with van der Waals surface area (Å²) in [5, 5.41) is 15.9. The number of nitriles is 1. The van der Waals surface area contributed by atoms with Crippen molar-refractivity contribution in [3.05, 3.63) is 80.0 Å². The molecule has 9 nitrogen and oxygen atoms in total. The van der Waals surface area contributed by atoms with Crippen LogP contribution >= 0.6 is 34.5 Å². The van der Waals surface area contributed by atoms with Crippen LogP contribution in [-0.2, 0) is 10.0 Å². The quantitative estimate of drug-likeness (QED) is 0.329. The number of hydrogen-bond acceptors (Lipinski definition) is 7. The average molecular weight is 548 g/mol. The molecule has 0 spiro atoms. The van der Waals surface area contributed by atoms with Crippen LogP contribution in [0.2, 0.25) is 9.36 Å². The van der Waals surface area contributed by atoms with E-state index in [2.05, 4.69) is 16.7 Å². The molecule has 2 aromatic heterocycles. The zero-order valence-corrected chi connectivity index (χ0v) is 20.9. The van der Waals surface area contributed by atoms with E-state index in [0.29, 0.717) is 10.8 Å². The largest absolute Gasteiger partial charge is 0.388 e. The average Bonchev–Trinajstić information content (AvgIpc) is 3.26. The van der Waals surface area contributed by atoms with Crippen molar-refractivity contribution in [2.75, 3.05) is 17.7 Å². The summed E-state index contributed by atoms with van der Waals surface area (Å²) in [6.07, 6.45) is 1.39. The number of anilines is 2. The monoisotopic (exact) mass is 547 g/mol. The first-order chi connectivity index (χ1) is 16.6. The van der Waals surface area contributed by atoms with Crippen molar-refractivity contribution in [3.63, 3.8) is 0 Å². The van der Waals surface area contributed by atoms with Crippen molar-refractivity contribution in [3.8, 4) is 11.8 Å². The zero-order chi connectivity index (χ0) is 25.3. The second-order valence-electron chi connectivity index (χ2n) is 7.12. The summed E-state index contributed by atoms with van der Waals surface area (Å²) in [5.41, 5.74) is 1.10. The Labute approximate surface area is 213 Å². The third-order valence-corrected chi connectivity index (χ3v) is 8.29. The van der Waals surface area contributed by atoms with Gasteiger partial charge < -0.3 is 10.6 Å². The number of nitrogens with zero attached hydrogens (tertiary/aromatic N) is 2. The lowest BCUT2D eigenvalue weighted by Crippen LogP contribution is -2.33. The number of carbonyl (C=O) groups excluding carboxylic acids is 1. The lowest BCUT2D eigenvalue weighted by molar-refractivity contribution is 0.256. The maximum Gasteiger partial charge on any atom is 0.333 e. The van der Waals surface area contributed by atoms with Gasteiger partial charge in [0.25, 0.3) is 15.6 Å². The van der Waals surface area contributed by atoms with Crippen LogP contribution in [-0.4, -0.2) is 26.1 Å². The Morgan fingerprint density at radius 2 is 1.80 bits per heavy atom. The molecule has 178 valence electrons. The number of thiophene rings is 1. The van der Waals surface area contributed by atoms with E-state index in [-0.39, 0.29) is 36.1 Å². The van der Waals surface area contributed by atoms with E-state index in [0.717, 1.165) is 17.0 Å². The summed E-state index contributed by atoms with van der Waals surface area (Å²) >= 11 is 13.0. The molecule has 0 bridgehead atoms. The summed E-state index contributed by atoms with van der Waals surface area (Å²) in [6, 6.07) is 13.1. The number of fused-ring (bicyclic) bond motifs is 1. The molecule has 2 heterocycles. The number of benzene rings is 2. The molecule has 0 saturated heterocycles. The van der Waals surface area contributed by atoms with Crippen LogP contribution in [0, 0.1) is 11.3 Å². The first kappa shape index (κ1) is 24.6. The van der Waals surface area contributed by atoms with Gasteiger partial charge in [-0.15, -0.1) is 11.3 Å². The summed E-state index contributed by atoms with van der Waals surface area (Å²) < 4.78 is 27.9. The van der Waals surface area contributed by atoms with Crippen LogP contribution in [0.5, 0.6) is 0 Å². The fourth-order valence-corrected chi connectivity index (χ4v) is 5.98. The standard InChI is InChI=1S/C22H15Cl2N5O4S2/c1-26-13-2-4-15-16(8-13)12(10-25)11-29(21(15)30)18-5-3-14(9-17(18)23)27-22(31)28-35(32,33)20-7-6-19(24)34-20/h2-9,11,26H,1H3,(H2,27,28,31). The van der Waals surface area contributed by atoms with Gasteiger partial charge in [0.15, 0.2) is 0 Å². The predicted octanol–water partition coefficient (Wildman–Crippen LogP) is 4.78. The topological polar surface area (TPSA) is 133 Å². The number of carbonyl (C=O) groups is 1. The molecule has 0 atom stereocenters. The number of urea groups is 1. The number of sulfonamides is 1. The molecule has 0 aliphatic heterocycles. The Bertz CT molecular complexity index is 1690. The molecule has 4 rings (SSSR count). The lowest BCUT2D eigenvalue weighted by atomic mass is 10.1. The maximum absolute atomic E-state index is 13.1. The normalized spacial score (nSPS) is 11.1. The van der Waals surface area contributed by atoms with E-state index in [1.807, 2.05) is 4.72 Å². The van der Waals surface area contributed by atoms with Gasteiger partial charge in [-0.1, -0.05) is 23.2 Å². The second-order valence-corrected chi connectivity index (χ2v) is 11.2. The minimum Gasteiger partial charge on any atom is -0.388 e. The summed E-state index contributed by atoms with van der Waals surface area (Å²) in [7, 11) is -2.37. The highest BCUT2D eigenvalue weighted by molar-refractivity contribution is 7.92. The molecule has 0 fully saturated rings. The Kier molecular flexibility index (Phi) is 6.73. The minimum atomic E-state index is -4.10. The van der Waals surface area contributed by atoms with Gasteiger partial charge in [-0.2, -0.15) is 5.26 Å². The number of hydrogen-bond donors (Lipinski definition) is 3. The van der Waals surface area contributed by atoms with Crippen LogP contribution in [0.25, 0.3) is 16.5 Å². The van der Waals surface area contributed by atoms with Crippen molar-refractivity contribution < 1.29 is 13.2 Å². The number of amides is 2. The molecular formula is C22H15Cl2N5O4S2. The van der Waals surface area contributed by atoms with Gasteiger partial charge in [0, 0.05) is 35.4 Å². The van der Waals surface area contributed by atoms with E-state index >= 15 is 0 Å². The molecule has 4 aromatic rings. The smallest absolute Gasteiger partial charge is 0.333 e. The van der Waals surface area contributed by atoms with Crippen molar-refractivity contribution in [1.29, 1.82) is 5.26 Å². The van der Waals surface area contributed by atoms with Crippen molar-refractivity contribution >= 4 is 72.7 Å².